The lowest BCUT2D eigenvalue weighted by Gasteiger charge is -2.20. The largest absolute Gasteiger partial charge is 0.488 e. The number of benzene rings is 3. The first-order chi connectivity index (χ1) is 19.9. The lowest BCUT2D eigenvalue weighted by Crippen LogP contribution is -2.37. The number of rotatable bonds is 13. The zero-order chi connectivity index (χ0) is 29.2. The zero-order valence-corrected chi connectivity index (χ0v) is 23.2. The number of nitrogens with zero attached hydrogens (tertiary/aromatic N) is 2. The van der Waals surface area contributed by atoms with Crippen LogP contribution in [0.5, 0.6) is 5.75 Å². The van der Waals surface area contributed by atoms with E-state index >= 15 is 0 Å². The Balaban J connectivity index is 1.58. The average molecular weight is 551 g/mol. The number of hydrogen-bond donors (Lipinski definition) is 4. The minimum Gasteiger partial charge on any atom is -0.488 e. The molecule has 8 heteroatoms. The Kier molecular flexibility index (Phi) is 10.1. The molecule has 1 heterocycles. The fourth-order valence-electron chi connectivity index (χ4n) is 4.67. The van der Waals surface area contributed by atoms with Crippen molar-refractivity contribution in [3.63, 3.8) is 0 Å². The Morgan fingerprint density at radius 2 is 1.83 bits per heavy atom. The van der Waals surface area contributed by atoms with E-state index in [9.17, 15) is 20.3 Å². The van der Waals surface area contributed by atoms with E-state index in [-0.39, 0.29) is 26.2 Å². The first-order valence-corrected chi connectivity index (χ1v) is 13.4. The summed E-state index contributed by atoms with van der Waals surface area (Å²) in [6.07, 6.45) is 3.24. The number of carboxylic acid groups (broad SMARTS) is 1. The zero-order valence-electron chi connectivity index (χ0n) is 23.2. The van der Waals surface area contributed by atoms with Gasteiger partial charge in [0.05, 0.1) is 5.56 Å². The van der Waals surface area contributed by atoms with E-state index in [0.29, 0.717) is 17.9 Å². The maximum Gasteiger partial charge on any atom is 0.320 e. The third-order valence-electron chi connectivity index (χ3n) is 6.98. The van der Waals surface area contributed by atoms with Crippen molar-refractivity contribution in [3.8, 4) is 22.9 Å². The summed E-state index contributed by atoms with van der Waals surface area (Å²) in [5, 5.41) is 34.5. The van der Waals surface area contributed by atoms with Crippen molar-refractivity contribution < 1.29 is 19.7 Å². The van der Waals surface area contributed by atoms with Gasteiger partial charge in [0.1, 0.15) is 24.5 Å². The van der Waals surface area contributed by atoms with Crippen molar-refractivity contribution in [3.05, 3.63) is 113 Å². The summed E-state index contributed by atoms with van der Waals surface area (Å²) in [4.78, 5) is 15.7. The van der Waals surface area contributed by atoms with Crippen LogP contribution in [0.1, 0.15) is 39.8 Å². The highest BCUT2D eigenvalue weighted by atomic mass is 16.5. The highest BCUT2D eigenvalue weighted by Crippen LogP contribution is 2.30. The van der Waals surface area contributed by atoms with Gasteiger partial charge in [-0.05, 0) is 60.2 Å². The van der Waals surface area contributed by atoms with Crippen molar-refractivity contribution in [2.45, 2.75) is 46.0 Å². The van der Waals surface area contributed by atoms with Crippen molar-refractivity contribution in [1.82, 2.24) is 10.3 Å². The molecular weight excluding hydrogens is 516 g/mol. The van der Waals surface area contributed by atoms with Gasteiger partial charge in [-0.15, -0.1) is 0 Å². The minimum absolute atomic E-state index is 0.0954. The number of aryl methyl sites for hydroxylation is 1. The summed E-state index contributed by atoms with van der Waals surface area (Å²) in [5.74, 6) is -0.445. The van der Waals surface area contributed by atoms with E-state index < -0.39 is 12.0 Å². The van der Waals surface area contributed by atoms with E-state index in [1.165, 1.54) is 28.5 Å². The number of aromatic nitrogens is 1. The molecule has 3 aromatic carbocycles. The molecule has 0 aliphatic carbocycles. The summed E-state index contributed by atoms with van der Waals surface area (Å²) in [6, 6.07) is 23.4. The molecule has 0 bridgehead atoms. The molecule has 4 aromatic rings. The van der Waals surface area contributed by atoms with Gasteiger partial charge in [0.15, 0.2) is 0 Å². The van der Waals surface area contributed by atoms with E-state index in [4.69, 9.17) is 4.74 Å². The molecule has 0 saturated carbocycles. The van der Waals surface area contributed by atoms with Gasteiger partial charge in [-0.25, -0.2) is 0 Å². The number of carboxylic acids is 1. The molecule has 4 N–H and O–H groups in total. The van der Waals surface area contributed by atoms with Gasteiger partial charge in [0.2, 0.25) is 0 Å². The molecule has 1 aromatic heterocycles. The summed E-state index contributed by atoms with van der Waals surface area (Å²) in [7, 11) is 0. The number of pyridine rings is 1. The quantitative estimate of drug-likeness (QED) is 0.175. The second kappa shape index (κ2) is 14.1. The van der Waals surface area contributed by atoms with Gasteiger partial charge >= 0.3 is 5.97 Å². The molecule has 0 saturated heterocycles. The van der Waals surface area contributed by atoms with Gasteiger partial charge in [0, 0.05) is 55.0 Å². The fraction of sp³-hybridized carbons (Fsp3) is 0.242. The normalized spacial score (nSPS) is 11.5. The Morgan fingerprint density at radius 3 is 2.56 bits per heavy atom. The van der Waals surface area contributed by atoms with Crippen LogP contribution in [0.2, 0.25) is 0 Å². The number of hydrogen-bond acceptors (Lipinski definition) is 7. The molecule has 0 aliphatic rings. The molecule has 1 unspecified atom stereocenters. The van der Waals surface area contributed by atoms with Crippen LogP contribution < -0.4 is 15.4 Å². The summed E-state index contributed by atoms with van der Waals surface area (Å²) in [6.45, 7) is 4.92. The number of anilines is 1. The number of aliphatic hydroxyl groups is 1. The molecule has 0 spiro atoms. The smallest absolute Gasteiger partial charge is 0.320 e. The molecule has 0 radical (unpaired) electrons. The molecule has 41 heavy (non-hydrogen) atoms. The van der Waals surface area contributed by atoms with Gasteiger partial charge in [0.25, 0.3) is 0 Å². The van der Waals surface area contributed by atoms with Crippen LogP contribution >= 0.6 is 0 Å². The maximum atomic E-state index is 11.6. The number of nitrogens with one attached hydrogen (secondary N) is 2. The molecule has 8 nitrogen and oxygen atoms in total. The van der Waals surface area contributed by atoms with Crippen molar-refractivity contribution in [1.29, 1.82) is 5.26 Å². The Hall–Kier alpha value is -4.71. The fourth-order valence-corrected chi connectivity index (χ4v) is 4.67. The molecular formula is C33H34N4O4. The SMILES string of the molecule is Cc1cc(CNC(CCO)C(=O)O)c(OCc2cncc(C#N)c2)cc1NCc1cccc(-c2ccccc2)c1C. The van der Waals surface area contributed by atoms with E-state index in [1.54, 1.807) is 12.3 Å². The third-order valence-corrected chi connectivity index (χ3v) is 6.98. The van der Waals surface area contributed by atoms with Crippen LogP contribution in [0.15, 0.2) is 79.1 Å². The predicted octanol–water partition coefficient (Wildman–Crippen LogP) is 5.35. The van der Waals surface area contributed by atoms with E-state index in [1.807, 2.05) is 37.3 Å². The summed E-state index contributed by atoms with van der Waals surface area (Å²) >= 11 is 0. The highest BCUT2D eigenvalue weighted by Gasteiger charge is 2.18. The average Bonchev–Trinajstić information content (AvgIpc) is 2.99. The van der Waals surface area contributed by atoms with Gasteiger partial charge < -0.3 is 25.6 Å². The minimum atomic E-state index is -1.02. The highest BCUT2D eigenvalue weighted by molar-refractivity contribution is 5.73. The van der Waals surface area contributed by atoms with Gasteiger partial charge in [-0.3, -0.25) is 9.78 Å². The lowest BCUT2D eigenvalue weighted by molar-refractivity contribution is -0.140. The summed E-state index contributed by atoms with van der Waals surface area (Å²) in [5.41, 5.74) is 8.58. The molecule has 0 aliphatic heterocycles. The number of ether oxygens (including phenoxy) is 1. The predicted molar refractivity (Wildman–Crippen MR) is 158 cm³/mol. The molecule has 4 rings (SSSR count). The van der Waals surface area contributed by atoms with Crippen LogP contribution in [0.3, 0.4) is 0 Å². The van der Waals surface area contributed by atoms with Crippen molar-refractivity contribution >= 4 is 11.7 Å². The number of aliphatic hydroxyl groups excluding tert-OH is 1. The van der Waals surface area contributed by atoms with E-state index in [2.05, 4.69) is 58.9 Å². The maximum absolute atomic E-state index is 11.6. The number of carbonyl (C=O) groups is 1. The Morgan fingerprint density at radius 1 is 1.02 bits per heavy atom. The van der Waals surface area contributed by atoms with Crippen LogP contribution in [0.25, 0.3) is 11.1 Å². The molecule has 1 atom stereocenters. The Bertz CT molecular complexity index is 1530. The second-order valence-electron chi connectivity index (χ2n) is 9.85. The topological polar surface area (TPSA) is 128 Å². The first kappa shape index (κ1) is 29.3. The van der Waals surface area contributed by atoms with Crippen LogP contribution in [0, 0.1) is 25.2 Å². The Labute approximate surface area is 240 Å². The third kappa shape index (κ3) is 7.70. The summed E-state index contributed by atoms with van der Waals surface area (Å²) < 4.78 is 6.20. The molecule has 0 fully saturated rings. The number of aliphatic carboxylic acids is 1. The van der Waals surface area contributed by atoms with Gasteiger partial charge in [-0.1, -0.05) is 48.5 Å². The monoisotopic (exact) mass is 550 g/mol. The molecule has 0 amide bonds. The molecule has 210 valence electrons. The first-order valence-electron chi connectivity index (χ1n) is 13.4. The van der Waals surface area contributed by atoms with Gasteiger partial charge in [-0.2, -0.15) is 5.26 Å². The van der Waals surface area contributed by atoms with Crippen molar-refractivity contribution in [2.24, 2.45) is 0 Å². The van der Waals surface area contributed by atoms with Crippen LogP contribution in [-0.4, -0.2) is 33.8 Å². The standard InChI is InChI=1S/C33H34N4O4/c1-22-13-28(20-36-30(11-12-38)33(39)40)32(41-21-25-14-24(16-34)17-35-18-25)15-31(22)37-19-27-9-6-10-29(23(27)2)26-7-4-3-5-8-26/h3-10,13-15,17-18,30,36-38H,11-12,19-21H2,1-2H3,(H,39,40). The second-order valence-corrected chi connectivity index (χ2v) is 9.85. The van der Waals surface area contributed by atoms with E-state index in [0.717, 1.165) is 22.4 Å². The van der Waals surface area contributed by atoms with Crippen LogP contribution in [0.4, 0.5) is 5.69 Å². The number of nitriles is 1. The van der Waals surface area contributed by atoms with Crippen LogP contribution in [-0.2, 0) is 24.5 Å². The van der Waals surface area contributed by atoms with Crippen molar-refractivity contribution in [2.75, 3.05) is 11.9 Å². The lowest BCUT2D eigenvalue weighted by atomic mass is 9.96.